The van der Waals surface area contributed by atoms with E-state index >= 15 is 0 Å². The maximum absolute atomic E-state index is 9.59. The molecule has 2 fully saturated rings. The smallest absolute Gasteiger partial charge is 0.0534 e. The molecule has 3 rings (SSSR count). The molecule has 3 heterocycles. The first kappa shape index (κ1) is 19.8. The molecule has 0 aromatic carbocycles. The molecule has 0 amide bonds. The van der Waals surface area contributed by atoms with E-state index in [2.05, 4.69) is 46.8 Å². The van der Waals surface area contributed by atoms with Crippen molar-refractivity contribution in [3.63, 3.8) is 0 Å². The summed E-state index contributed by atoms with van der Waals surface area (Å²) in [5, 5.41) is 14.0. The molecule has 0 saturated carbocycles. The van der Waals surface area contributed by atoms with Gasteiger partial charge in [-0.1, -0.05) is 0 Å². The first-order valence-electron chi connectivity index (χ1n) is 10.4. The number of piperidine rings is 1. The highest BCUT2D eigenvalue weighted by atomic mass is 16.3. The van der Waals surface area contributed by atoms with Gasteiger partial charge in [0.15, 0.2) is 0 Å². The number of aryl methyl sites for hydroxylation is 1. The Morgan fingerprint density at radius 1 is 1.19 bits per heavy atom. The Morgan fingerprint density at radius 3 is 2.58 bits per heavy atom. The Morgan fingerprint density at radius 2 is 1.96 bits per heavy atom. The van der Waals surface area contributed by atoms with Gasteiger partial charge >= 0.3 is 0 Å². The van der Waals surface area contributed by atoms with E-state index in [9.17, 15) is 5.11 Å². The number of aromatic nitrogens is 2. The number of hydrogen-bond acceptors (Lipinski definition) is 5. The second-order valence-corrected chi connectivity index (χ2v) is 8.20. The lowest BCUT2D eigenvalue weighted by Gasteiger charge is -2.48. The van der Waals surface area contributed by atoms with Gasteiger partial charge in [0.25, 0.3) is 0 Å². The average molecular weight is 364 g/mol. The van der Waals surface area contributed by atoms with Gasteiger partial charge in [-0.2, -0.15) is 5.10 Å². The van der Waals surface area contributed by atoms with Gasteiger partial charge in [0.05, 0.1) is 6.20 Å². The van der Waals surface area contributed by atoms with Crippen LogP contribution in [0.5, 0.6) is 0 Å². The van der Waals surface area contributed by atoms with Crippen molar-refractivity contribution < 1.29 is 5.11 Å². The Labute approximate surface area is 158 Å². The van der Waals surface area contributed by atoms with Crippen molar-refractivity contribution in [2.45, 2.75) is 71.2 Å². The Bertz CT molecular complexity index is 538. The molecule has 0 spiro atoms. The summed E-state index contributed by atoms with van der Waals surface area (Å²) in [7, 11) is 0. The summed E-state index contributed by atoms with van der Waals surface area (Å²) in [6.45, 7) is 14.6. The molecule has 1 aromatic rings. The van der Waals surface area contributed by atoms with Gasteiger partial charge in [-0.3, -0.25) is 14.5 Å². The van der Waals surface area contributed by atoms with Gasteiger partial charge in [-0.05, 0) is 53.1 Å². The molecule has 0 radical (unpaired) electrons. The van der Waals surface area contributed by atoms with Crippen LogP contribution in [-0.2, 0) is 13.1 Å². The normalized spacial score (nSPS) is 24.6. The molecule has 0 aliphatic carbocycles. The fourth-order valence-electron chi connectivity index (χ4n) is 4.62. The van der Waals surface area contributed by atoms with Crippen molar-refractivity contribution in [1.29, 1.82) is 0 Å². The molecule has 2 saturated heterocycles. The van der Waals surface area contributed by atoms with E-state index in [1.807, 2.05) is 10.9 Å². The standard InChI is InChI=1S/C20H37N5O/c1-4-24-15-18(13-21-24)14-22-10-11-25(20(16-22)7-12-26)19-5-8-23(9-6-19)17(2)3/h13,15,17,19-20,26H,4-12,14,16H2,1-3H3/t20-/m0/s1. The van der Waals surface area contributed by atoms with Gasteiger partial charge in [-0.25, -0.2) is 0 Å². The quantitative estimate of drug-likeness (QED) is 0.798. The van der Waals surface area contributed by atoms with Crippen LogP contribution >= 0.6 is 0 Å². The van der Waals surface area contributed by atoms with E-state index in [1.165, 1.54) is 31.5 Å². The minimum absolute atomic E-state index is 0.285. The van der Waals surface area contributed by atoms with Crippen molar-refractivity contribution in [2.75, 3.05) is 39.3 Å². The molecule has 6 nitrogen and oxygen atoms in total. The molecule has 1 aromatic heterocycles. The molecule has 1 N–H and O–H groups in total. The number of piperazine rings is 1. The fourth-order valence-corrected chi connectivity index (χ4v) is 4.62. The SMILES string of the molecule is CCn1cc(CN2CCN(C3CCN(C(C)C)CC3)[C@@H](CCO)C2)cn1. The molecule has 0 bridgehead atoms. The number of hydrogen-bond donors (Lipinski definition) is 1. The third kappa shape index (κ3) is 4.85. The van der Waals surface area contributed by atoms with Crippen LogP contribution in [-0.4, -0.2) is 87.0 Å². The summed E-state index contributed by atoms with van der Waals surface area (Å²) in [5.74, 6) is 0. The highest BCUT2D eigenvalue weighted by molar-refractivity contribution is 5.04. The molecule has 2 aliphatic heterocycles. The predicted molar refractivity (Wildman–Crippen MR) is 105 cm³/mol. The van der Waals surface area contributed by atoms with Crippen LogP contribution in [0.3, 0.4) is 0 Å². The van der Waals surface area contributed by atoms with Crippen molar-refractivity contribution in [3.05, 3.63) is 18.0 Å². The number of aliphatic hydroxyl groups excluding tert-OH is 1. The van der Waals surface area contributed by atoms with Crippen molar-refractivity contribution in [2.24, 2.45) is 0 Å². The van der Waals surface area contributed by atoms with Crippen LogP contribution in [0.1, 0.15) is 45.6 Å². The molecule has 1 atom stereocenters. The van der Waals surface area contributed by atoms with Crippen LogP contribution < -0.4 is 0 Å². The molecule has 2 aliphatic rings. The summed E-state index contributed by atoms with van der Waals surface area (Å²) >= 11 is 0. The van der Waals surface area contributed by atoms with E-state index < -0.39 is 0 Å². The van der Waals surface area contributed by atoms with Crippen LogP contribution in [0, 0.1) is 0 Å². The van der Waals surface area contributed by atoms with Gasteiger partial charge in [0.2, 0.25) is 0 Å². The monoisotopic (exact) mass is 363 g/mol. The van der Waals surface area contributed by atoms with Crippen molar-refractivity contribution in [3.8, 4) is 0 Å². The number of likely N-dealkylation sites (tertiary alicyclic amines) is 1. The van der Waals surface area contributed by atoms with Crippen LogP contribution in [0.25, 0.3) is 0 Å². The first-order chi connectivity index (χ1) is 12.6. The summed E-state index contributed by atoms with van der Waals surface area (Å²) in [5.41, 5.74) is 1.30. The topological polar surface area (TPSA) is 47.8 Å². The average Bonchev–Trinajstić information content (AvgIpc) is 3.10. The maximum atomic E-state index is 9.59. The predicted octanol–water partition coefficient (Wildman–Crippen LogP) is 1.64. The number of nitrogens with zero attached hydrogens (tertiary/aromatic N) is 5. The molecule has 26 heavy (non-hydrogen) atoms. The van der Waals surface area contributed by atoms with Gasteiger partial charge in [0.1, 0.15) is 0 Å². The molecule has 6 heteroatoms. The van der Waals surface area contributed by atoms with Crippen LogP contribution in [0.15, 0.2) is 12.4 Å². The van der Waals surface area contributed by atoms with Crippen molar-refractivity contribution >= 4 is 0 Å². The third-order valence-corrected chi connectivity index (χ3v) is 6.19. The van der Waals surface area contributed by atoms with Crippen LogP contribution in [0.4, 0.5) is 0 Å². The van der Waals surface area contributed by atoms with E-state index in [4.69, 9.17) is 0 Å². The minimum atomic E-state index is 0.285. The highest BCUT2D eigenvalue weighted by Crippen LogP contribution is 2.24. The van der Waals surface area contributed by atoms with Gasteiger partial charge in [0, 0.05) is 69.2 Å². The van der Waals surface area contributed by atoms with Gasteiger partial charge in [-0.15, -0.1) is 0 Å². The van der Waals surface area contributed by atoms with Crippen molar-refractivity contribution in [1.82, 2.24) is 24.5 Å². The summed E-state index contributed by atoms with van der Waals surface area (Å²) in [6.07, 6.45) is 7.58. The van der Waals surface area contributed by atoms with Crippen LogP contribution in [0.2, 0.25) is 0 Å². The second-order valence-electron chi connectivity index (χ2n) is 8.20. The fraction of sp³-hybridized carbons (Fsp3) is 0.850. The molecule has 148 valence electrons. The Balaban J connectivity index is 1.56. The lowest BCUT2D eigenvalue weighted by molar-refractivity contribution is -0.0000357. The maximum Gasteiger partial charge on any atom is 0.0534 e. The zero-order valence-corrected chi connectivity index (χ0v) is 16.8. The summed E-state index contributed by atoms with van der Waals surface area (Å²) < 4.78 is 2.00. The first-order valence-corrected chi connectivity index (χ1v) is 10.4. The highest BCUT2D eigenvalue weighted by Gasteiger charge is 2.33. The lowest BCUT2D eigenvalue weighted by atomic mass is 9.97. The molecule has 0 unspecified atom stereocenters. The largest absolute Gasteiger partial charge is 0.396 e. The Hall–Kier alpha value is -0.950. The van der Waals surface area contributed by atoms with Gasteiger partial charge < -0.3 is 10.0 Å². The second kappa shape index (κ2) is 9.31. The third-order valence-electron chi connectivity index (χ3n) is 6.19. The molecular formula is C20H37N5O. The molecular weight excluding hydrogens is 326 g/mol. The zero-order valence-electron chi connectivity index (χ0n) is 16.8. The lowest BCUT2D eigenvalue weighted by Crippen LogP contribution is -2.58. The van der Waals surface area contributed by atoms with E-state index in [-0.39, 0.29) is 6.61 Å². The minimum Gasteiger partial charge on any atom is -0.396 e. The Kier molecular flexibility index (Phi) is 7.09. The van der Waals surface area contributed by atoms with E-state index in [1.54, 1.807) is 0 Å². The van der Waals surface area contributed by atoms with E-state index in [0.29, 0.717) is 18.1 Å². The number of aliphatic hydroxyl groups is 1. The van der Waals surface area contributed by atoms with E-state index in [0.717, 1.165) is 39.1 Å². The zero-order chi connectivity index (χ0) is 18.5. The number of rotatable bonds is 7. The summed E-state index contributed by atoms with van der Waals surface area (Å²) in [4.78, 5) is 7.84. The summed E-state index contributed by atoms with van der Waals surface area (Å²) in [6, 6.07) is 1.82.